The zero-order valence-corrected chi connectivity index (χ0v) is 13.0. The van der Waals surface area contributed by atoms with Crippen LogP contribution in [-0.4, -0.2) is 18.6 Å². The Labute approximate surface area is 127 Å². The van der Waals surface area contributed by atoms with Gasteiger partial charge in [0.25, 0.3) is 0 Å². The maximum absolute atomic E-state index is 5.54. The summed E-state index contributed by atoms with van der Waals surface area (Å²) in [5.41, 5.74) is 2.49. The number of aromatic nitrogens is 1. The number of methoxy groups -OCH3 is 1. The fourth-order valence-electron chi connectivity index (χ4n) is 2.64. The summed E-state index contributed by atoms with van der Waals surface area (Å²) in [7, 11) is 1.73. The van der Waals surface area contributed by atoms with E-state index in [1.54, 1.807) is 7.11 Å². The van der Waals surface area contributed by atoms with E-state index in [4.69, 9.17) is 4.74 Å². The molecular weight excluding hydrogens is 260 g/mol. The van der Waals surface area contributed by atoms with Crippen molar-refractivity contribution in [1.29, 1.82) is 0 Å². The Morgan fingerprint density at radius 2 is 1.86 bits per heavy atom. The van der Waals surface area contributed by atoms with Gasteiger partial charge in [-0.2, -0.15) is 0 Å². The molecule has 0 aliphatic rings. The SMILES string of the molecule is CCCNC(c1ccccc1OC)C(C)c1ccncc1. The van der Waals surface area contributed by atoms with Crippen molar-refractivity contribution >= 4 is 0 Å². The molecule has 0 bridgehead atoms. The number of nitrogens with one attached hydrogen (secondary N) is 1. The van der Waals surface area contributed by atoms with Gasteiger partial charge in [0.05, 0.1) is 7.11 Å². The highest BCUT2D eigenvalue weighted by Gasteiger charge is 2.22. The van der Waals surface area contributed by atoms with E-state index in [0.29, 0.717) is 5.92 Å². The van der Waals surface area contributed by atoms with Gasteiger partial charge in [0, 0.05) is 29.9 Å². The van der Waals surface area contributed by atoms with Crippen LogP contribution in [0.4, 0.5) is 0 Å². The van der Waals surface area contributed by atoms with Crippen molar-refractivity contribution in [3.8, 4) is 5.75 Å². The highest BCUT2D eigenvalue weighted by molar-refractivity contribution is 5.38. The molecule has 112 valence electrons. The molecule has 0 radical (unpaired) electrons. The lowest BCUT2D eigenvalue weighted by atomic mass is 9.88. The second-order valence-corrected chi connectivity index (χ2v) is 5.24. The molecule has 0 aliphatic heterocycles. The molecule has 2 atom stereocenters. The van der Waals surface area contributed by atoms with E-state index in [1.807, 2.05) is 24.5 Å². The van der Waals surface area contributed by atoms with Gasteiger partial charge >= 0.3 is 0 Å². The highest BCUT2D eigenvalue weighted by Crippen LogP contribution is 2.35. The summed E-state index contributed by atoms with van der Waals surface area (Å²) < 4.78 is 5.54. The van der Waals surface area contributed by atoms with Crippen molar-refractivity contribution in [1.82, 2.24) is 10.3 Å². The van der Waals surface area contributed by atoms with Crippen molar-refractivity contribution in [3.63, 3.8) is 0 Å². The van der Waals surface area contributed by atoms with Gasteiger partial charge in [-0.1, -0.05) is 32.0 Å². The van der Waals surface area contributed by atoms with Crippen LogP contribution >= 0.6 is 0 Å². The summed E-state index contributed by atoms with van der Waals surface area (Å²) in [6.07, 6.45) is 4.81. The summed E-state index contributed by atoms with van der Waals surface area (Å²) in [5.74, 6) is 1.28. The van der Waals surface area contributed by atoms with E-state index in [9.17, 15) is 0 Å². The third-order valence-electron chi connectivity index (χ3n) is 3.82. The minimum atomic E-state index is 0.225. The molecule has 0 spiro atoms. The van der Waals surface area contributed by atoms with Crippen LogP contribution in [0.2, 0.25) is 0 Å². The van der Waals surface area contributed by atoms with Crippen molar-refractivity contribution in [2.75, 3.05) is 13.7 Å². The van der Waals surface area contributed by atoms with Crippen molar-refractivity contribution in [3.05, 3.63) is 59.9 Å². The minimum absolute atomic E-state index is 0.225. The molecule has 0 saturated carbocycles. The predicted octanol–water partition coefficient (Wildman–Crippen LogP) is 3.93. The molecule has 0 fully saturated rings. The zero-order chi connectivity index (χ0) is 15.1. The van der Waals surface area contributed by atoms with Crippen LogP contribution in [0.15, 0.2) is 48.8 Å². The number of pyridine rings is 1. The summed E-state index contributed by atoms with van der Waals surface area (Å²) in [4.78, 5) is 4.11. The third kappa shape index (κ3) is 3.82. The molecule has 1 N–H and O–H groups in total. The van der Waals surface area contributed by atoms with Crippen LogP contribution in [0.1, 0.15) is 43.4 Å². The summed E-state index contributed by atoms with van der Waals surface area (Å²) in [5, 5.41) is 3.66. The van der Waals surface area contributed by atoms with E-state index in [2.05, 4.69) is 48.4 Å². The van der Waals surface area contributed by atoms with Gasteiger partial charge < -0.3 is 10.1 Å². The van der Waals surface area contributed by atoms with Crippen molar-refractivity contribution in [2.45, 2.75) is 32.2 Å². The molecule has 0 saturated heterocycles. The highest BCUT2D eigenvalue weighted by atomic mass is 16.5. The van der Waals surface area contributed by atoms with Crippen molar-refractivity contribution in [2.24, 2.45) is 0 Å². The van der Waals surface area contributed by atoms with Crippen LogP contribution in [-0.2, 0) is 0 Å². The van der Waals surface area contributed by atoms with E-state index in [1.165, 1.54) is 11.1 Å². The summed E-state index contributed by atoms with van der Waals surface area (Å²) in [6.45, 7) is 5.41. The number of hydrogen-bond donors (Lipinski definition) is 1. The number of nitrogens with zero attached hydrogens (tertiary/aromatic N) is 1. The third-order valence-corrected chi connectivity index (χ3v) is 3.82. The first-order valence-corrected chi connectivity index (χ1v) is 7.54. The maximum Gasteiger partial charge on any atom is 0.123 e. The standard InChI is InChI=1S/C18H24N2O/c1-4-11-20-18(14(2)15-9-12-19-13-10-15)16-7-5-6-8-17(16)21-3/h5-10,12-14,18,20H,4,11H2,1-3H3. The minimum Gasteiger partial charge on any atom is -0.496 e. The monoisotopic (exact) mass is 284 g/mol. The van der Waals surface area contributed by atoms with Crippen LogP contribution in [0, 0.1) is 0 Å². The fourth-order valence-corrected chi connectivity index (χ4v) is 2.64. The molecule has 21 heavy (non-hydrogen) atoms. The topological polar surface area (TPSA) is 34.1 Å². The molecule has 2 aromatic rings. The number of benzene rings is 1. The molecular formula is C18H24N2O. The molecule has 1 aromatic carbocycles. The van der Waals surface area contributed by atoms with Gasteiger partial charge in [0.2, 0.25) is 0 Å². The van der Waals surface area contributed by atoms with Gasteiger partial charge in [0.15, 0.2) is 0 Å². The lowest BCUT2D eigenvalue weighted by molar-refractivity contribution is 0.388. The average Bonchev–Trinajstić information content (AvgIpc) is 2.56. The zero-order valence-electron chi connectivity index (χ0n) is 13.0. The molecule has 3 nitrogen and oxygen atoms in total. The normalized spacial score (nSPS) is 13.7. The van der Waals surface area contributed by atoms with Gasteiger partial charge in [-0.25, -0.2) is 0 Å². The molecule has 2 rings (SSSR count). The quantitative estimate of drug-likeness (QED) is 0.836. The largest absolute Gasteiger partial charge is 0.496 e. The summed E-state index contributed by atoms with van der Waals surface area (Å²) >= 11 is 0. The van der Waals surface area contributed by atoms with E-state index < -0.39 is 0 Å². The summed E-state index contributed by atoms with van der Waals surface area (Å²) in [6, 6.07) is 12.6. The van der Waals surface area contributed by atoms with Crippen molar-refractivity contribution < 1.29 is 4.74 Å². The Kier molecular flexibility index (Phi) is 5.76. The first-order chi connectivity index (χ1) is 10.3. The smallest absolute Gasteiger partial charge is 0.123 e. The van der Waals surface area contributed by atoms with Gasteiger partial charge in [0.1, 0.15) is 5.75 Å². The molecule has 0 amide bonds. The van der Waals surface area contributed by atoms with Gasteiger partial charge in [-0.3, -0.25) is 4.98 Å². The second-order valence-electron chi connectivity index (χ2n) is 5.24. The maximum atomic E-state index is 5.54. The van der Waals surface area contributed by atoms with Gasteiger partial charge in [-0.15, -0.1) is 0 Å². The Morgan fingerprint density at radius 1 is 1.14 bits per heavy atom. The van der Waals surface area contributed by atoms with Gasteiger partial charge in [-0.05, 0) is 36.7 Å². The number of hydrogen-bond acceptors (Lipinski definition) is 3. The van der Waals surface area contributed by atoms with Crippen LogP contribution in [0.5, 0.6) is 5.75 Å². The molecule has 3 heteroatoms. The Bertz CT molecular complexity index is 542. The van der Waals surface area contributed by atoms with E-state index >= 15 is 0 Å². The number of rotatable bonds is 7. The Morgan fingerprint density at radius 3 is 2.52 bits per heavy atom. The first kappa shape index (κ1) is 15.5. The molecule has 2 unspecified atom stereocenters. The van der Waals surface area contributed by atoms with Crippen LogP contribution in [0.3, 0.4) is 0 Å². The number of para-hydroxylation sites is 1. The van der Waals surface area contributed by atoms with E-state index in [-0.39, 0.29) is 6.04 Å². The van der Waals surface area contributed by atoms with Crippen LogP contribution < -0.4 is 10.1 Å². The van der Waals surface area contributed by atoms with E-state index in [0.717, 1.165) is 18.7 Å². The molecule has 1 heterocycles. The predicted molar refractivity (Wildman–Crippen MR) is 86.7 cm³/mol. The van der Waals surface area contributed by atoms with Crippen LogP contribution in [0.25, 0.3) is 0 Å². The first-order valence-electron chi connectivity index (χ1n) is 7.54. The number of ether oxygens (including phenoxy) is 1. The Balaban J connectivity index is 2.33. The lowest BCUT2D eigenvalue weighted by Crippen LogP contribution is -2.27. The molecule has 0 aliphatic carbocycles. The average molecular weight is 284 g/mol. The Hall–Kier alpha value is -1.87. The second kappa shape index (κ2) is 7.79. The fraction of sp³-hybridized carbons (Fsp3) is 0.389. The lowest BCUT2D eigenvalue weighted by Gasteiger charge is -2.27. The molecule has 1 aromatic heterocycles.